The van der Waals surface area contributed by atoms with Crippen molar-refractivity contribution >= 4 is 29.2 Å². The van der Waals surface area contributed by atoms with E-state index < -0.39 is 11.9 Å². The van der Waals surface area contributed by atoms with Gasteiger partial charge in [-0.1, -0.05) is 44.5 Å². The van der Waals surface area contributed by atoms with E-state index >= 15 is 0 Å². The second-order valence-electron chi connectivity index (χ2n) is 5.76. The third-order valence-corrected chi connectivity index (χ3v) is 3.70. The molecule has 116 valence electrons. The number of carbonyl (C=O) groups excluding carboxylic acids is 2. The van der Waals surface area contributed by atoms with E-state index in [1.54, 1.807) is 31.2 Å². The molecule has 0 saturated heterocycles. The minimum atomic E-state index is -1.10. The van der Waals surface area contributed by atoms with Gasteiger partial charge in [-0.15, -0.1) is 0 Å². The third kappa shape index (κ3) is 5.76. The van der Waals surface area contributed by atoms with E-state index in [4.69, 9.17) is 11.6 Å². The van der Waals surface area contributed by atoms with Crippen LogP contribution in [0.15, 0.2) is 24.3 Å². The molecule has 0 aliphatic heterocycles. The molecule has 5 heteroatoms. The second kappa shape index (κ2) is 8.03. The van der Waals surface area contributed by atoms with Crippen molar-refractivity contribution in [3.63, 3.8) is 0 Å². The van der Waals surface area contributed by atoms with Gasteiger partial charge < -0.3 is 15.2 Å². The van der Waals surface area contributed by atoms with Crippen LogP contribution in [0, 0.1) is 17.8 Å². The number of amides is 1. The van der Waals surface area contributed by atoms with Crippen LogP contribution < -0.4 is 10.4 Å². The summed E-state index contributed by atoms with van der Waals surface area (Å²) in [5, 5.41) is 14.4. The number of aliphatic carboxylic acids is 1. The molecule has 1 rings (SSSR count). The lowest BCUT2D eigenvalue weighted by Gasteiger charge is -2.26. The lowest BCUT2D eigenvalue weighted by Crippen LogP contribution is -2.37. The maximum atomic E-state index is 12.0. The number of nitrogens with one attached hydrogen (secondary N) is 1. The van der Waals surface area contributed by atoms with Gasteiger partial charge in [0.05, 0.1) is 10.7 Å². The molecular weight excluding hydrogens is 290 g/mol. The Morgan fingerprint density at radius 3 is 2.38 bits per heavy atom. The Balaban J connectivity index is 2.64. The van der Waals surface area contributed by atoms with Crippen molar-refractivity contribution in [2.75, 3.05) is 5.32 Å². The van der Waals surface area contributed by atoms with E-state index in [9.17, 15) is 14.7 Å². The lowest BCUT2D eigenvalue weighted by molar-refractivity contribution is -0.313. The Hall–Kier alpha value is -1.55. The minimum Gasteiger partial charge on any atom is -0.550 e. The minimum absolute atomic E-state index is 0.122. The van der Waals surface area contributed by atoms with Crippen molar-refractivity contribution in [1.82, 2.24) is 0 Å². The highest BCUT2D eigenvalue weighted by Crippen LogP contribution is 2.25. The summed E-state index contributed by atoms with van der Waals surface area (Å²) in [5.41, 5.74) is 0.533. The van der Waals surface area contributed by atoms with E-state index in [1.165, 1.54) is 0 Å². The Kier molecular flexibility index (Phi) is 6.69. The number of benzene rings is 1. The van der Waals surface area contributed by atoms with Crippen LogP contribution in [-0.2, 0) is 9.59 Å². The van der Waals surface area contributed by atoms with Gasteiger partial charge in [0.2, 0.25) is 5.91 Å². The van der Waals surface area contributed by atoms with Gasteiger partial charge in [-0.3, -0.25) is 4.79 Å². The van der Waals surface area contributed by atoms with E-state index in [0.717, 1.165) is 0 Å². The van der Waals surface area contributed by atoms with Crippen molar-refractivity contribution in [3.05, 3.63) is 29.3 Å². The first-order valence-electron chi connectivity index (χ1n) is 7.06. The van der Waals surface area contributed by atoms with E-state index in [1.807, 2.05) is 13.8 Å². The molecule has 1 N–H and O–H groups in total. The molecule has 0 fully saturated rings. The number of carbonyl (C=O) groups is 2. The fraction of sp³-hybridized carbons (Fsp3) is 0.500. The first-order valence-corrected chi connectivity index (χ1v) is 7.44. The molecule has 1 aromatic rings. The highest BCUT2D eigenvalue weighted by Gasteiger charge is 2.22. The molecule has 0 unspecified atom stereocenters. The Bertz CT molecular complexity index is 502. The highest BCUT2D eigenvalue weighted by molar-refractivity contribution is 6.33. The van der Waals surface area contributed by atoms with Gasteiger partial charge in [-0.05, 0) is 30.4 Å². The summed E-state index contributed by atoms with van der Waals surface area (Å²) in [5.74, 6) is -2.02. The predicted octanol–water partition coefficient (Wildman–Crippen LogP) is 2.72. The molecule has 0 aliphatic carbocycles. The molecule has 0 aliphatic rings. The topological polar surface area (TPSA) is 69.2 Å². The summed E-state index contributed by atoms with van der Waals surface area (Å²) in [6.07, 6.45) is 0.624. The van der Waals surface area contributed by atoms with Crippen molar-refractivity contribution in [2.24, 2.45) is 17.8 Å². The largest absolute Gasteiger partial charge is 0.550 e. The molecule has 1 aromatic carbocycles. The Labute approximate surface area is 130 Å². The Morgan fingerprint density at radius 1 is 1.24 bits per heavy atom. The molecule has 0 aromatic heterocycles. The zero-order chi connectivity index (χ0) is 16.0. The van der Waals surface area contributed by atoms with Crippen molar-refractivity contribution in [3.8, 4) is 0 Å². The molecule has 2 atom stereocenters. The van der Waals surface area contributed by atoms with Crippen molar-refractivity contribution in [2.45, 2.75) is 33.6 Å². The van der Waals surface area contributed by atoms with Gasteiger partial charge in [0.15, 0.2) is 0 Å². The maximum absolute atomic E-state index is 12.0. The average molecular weight is 311 g/mol. The van der Waals surface area contributed by atoms with Crippen LogP contribution in [0.2, 0.25) is 5.02 Å². The van der Waals surface area contributed by atoms with Crippen LogP contribution in [0.5, 0.6) is 0 Å². The number of para-hydroxylation sites is 1. The van der Waals surface area contributed by atoms with Gasteiger partial charge >= 0.3 is 0 Å². The first kappa shape index (κ1) is 17.5. The van der Waals surface area contributed by atoms with Gasteiger partial charge in [-0.25, -0.2) is 0 Å². The number of carboxylic acids is 1. The average Bonchev–Trinajstić information content (AvgIpc) is 2.38. The summed E-state index contributed by atoms with van der Waals surface area (Å²) < 4.78 is 0. The highest BCUT2D eigenvalue weighted by atomic mass is 35.5. The molecule has 21 heavy (non-hydrogen) atoms. The predicted molar refractivity (Wildman–Crippen MR) is 81.8 cm³/mol. The fourth-order valence-electron chi connectivity index (χ4n) is 2.27. The number of hydrogen-bond donors (Lipinski definition) is 1. The summed E-state index contributed by atoms with van der Waals surface area (Å²) >= 11 is 5.97. The smallest absolute Gasteiger partial charge is 0.224 e. The van der Waals surface area contributed by atoms with Crippen LogP contribution >= 0.6 is 11.6 Å². The van der Waals surface area contributed by atoms with Crippen LogP contribution in [-0.4, -0.2) is 11.9 Å². The van der Waals surface area contributed by atoms with Crippen LogP contribution in [0.4, 0.5) is 5.69 Å². The van der Waals surface area contributed by atoms with Gasteiger partial charge in [0.1, 0.15) is 0 Å². The Morgan fingerprint density at radius 2 is 1.86 bits per heavy atom. The summed E-state index contributed by atoms with van der Waals surface area (Å²) in [6.45, 7) is 5.66. The number of hydrogen-bond acceptors (Lipinski definition) is 3. The van der Waals surface area contributed by atoms with Crippen molar-refractivity contribution < 1.29 is 14.7 Å². The van der Waals surface area contributed by atoms with Crippen LogP contribution in [0.1, 0.15) is 33.6 Å². The number of anilines is 1. The molecule has 4 nitrogen and oxygen atoms in total. The summed E-state index contributed by atoms with van der Waals surface area (Å²) in [4.78, 5) is 23.2. The fourth-order valence-corrected chi connectivity index (χ4v) is 2.45. The van der Waals surface area contributed by atoms with E-state index in [2.05, 4.69) is 5.32 Å². The second-order valence-corrected chi connectivity index (χ2v) is 6.17. The normalized spacial score (nSPS) is 13.8. The van der Waals surface area contributed by atoms with Gasteiger partial charge in [-0.2, -0.15) is 0 Å². The van der Waals surface area contributed by atoms with E-state index in [-0.39, 0.29) is 24.2 Å². The van der Waals surface area contributed by atoms with Crippen LogP contribution in [0.3, 0.4) is 0 Å². The molecule has 0 bridgehead atoms. The number of rotatable bonds is 7. The van der Waals surface area contributed by atoms with Crippen LogP contribution in [0.25, 0.3) is 0 Å². The molecule has 1 amide bonds. The zero-order valence-electron chi connectivity index (χ0n) is 12.6. The lowest BCUT2D eigenvalue weighted by atomic mass is 9.84. The molecular formula is C16H21ClNO3-. The molecule has 0 heterocycles. The molecule has 0 spiro atoms. The maximum Gasteiger partial charge on any atom is 0.224 e. The van der Waals surface area contributed by atoms with E-state index in [0.29, 0.717) is 17.1 Å². The monoisotopic (exact) mass is 310 g/mol. The quantitative estimate of drug-likeness (QED) is 0.842. The van der Waals surface area contributed by atoms with Gasteiger partial charge in [0.25, 0.3) is 0 Å². The summed E-state index contributed by atoms with van der Waals surface area (Å²) in [7, 11) is 0. The first-order chi connectivity index (χ1) is 9.81. The number of halogens is 1. The zero-order valence-corrected chi connectivity index (χ0v) is 13.3. The number of carboxylic acid groups (broad SMARTS) is 1. The SMILES string of the molecule is CC(C)C[C@H](C(=O)[O-])[C@H](C)CC(=O)Nc1ccccc1Cl. The summed E-state index contributed by atoms with van der Waals surface area (Å²) in [6, 6.07) is 6.93. The van der Waals surface area contributed by atoms with Crippen molar-refractivity contribution in [1.29, 1.82) is 0 Å². The molecule has 0 saturated carbocycles. The van der Waals surface area contributed by atoms with Gasteiger partial charge in [0, 0.05) is 18.3 Å². The standard InChI is InChI=1S/C16H22ClNO3/c1-10(2)8-12(16(20)21)11(3)9-15(19)18-14-7-5-4-6-13(14)17/h4-7,10-12H,8-9H2,1-3H3,(H,18,19)(H,20,21)/p-1/t11-,12+/m1/s1. The molecule has 0 radical (unpaired) electrons. The third-order valence-electron chi connectivity index (χ3n) is 3.37.